The number of halogens is 1. The highest BCUT2D eigenvalue weighted by Gasteiger charge is 2.43. The van der Waals surface area contributed by atoms with Crippen molar-refractivity contribution in [2.24, 2.45) is 5.41 Å². The van der Waals surface area contributed by atoms with Gasteiger partial charge in [-0.15, -0.1) is 0 Å². The van der Waals surface area contributed by atoms with Gasteiger partial charge in [-0.1, -0.05) is 41.9 Å². The van der Waals surface area contributed by atoms with Gasteiger partial charge in [-0.05, 0) is 62.1 Å². The molecule has 0 radical (unpaired) electrons. The van der Waals surface area contributed by atoms with Crippen LogP contribution in [0.15, 0.2) is 51.3 Å². The van der Waals surface area contributed by atoms with Crippen LogP contribution in [0.25, 0.3) is 0 Å². The van der Waals surface area contributed by atoms with Crippen LogP contribution in [0.3, 0.4) is 0 Å². The molecule has 0 bridgehead atoms. The van der Waals surface area contributed by atoms with Crippen LogP contribution in [0, 0.1) is 5.41 Å². The molecule has 1 saturated carbocycles. The smallest absolute Gasteiger partial charge is 0.337 e. The number of Topliss-reactive ketones (excluding diaryl/α,β-unsaturated/α-hetero) is 1. The fourth-order valence-electron chi connectivity index (χ4n) is 4.92. The Morgan fingerprint density at radius 1 is 1.14 bits per heavy atom. The summed E-state index contributed by atoms with van der Waals surface area (Å²) in [4.78, 5) is 26.5. The van der Waals surface area contributed by atoms with Crippen molar-refractivity contribution < 1.29 is 14.3 Å². The third-order valence-corrected chi connectivity index (χ3v) is 6.77. The van der Waals surface area contributed by atoms with Crippen molar-refractivity contribution in [2.75, 3.05) is 0 Å². The summed E-state index contributed by atoms with van der Waals surface area (Å²) in [5.41, 5.74) is 3.92. The number of ether oxygens (including phenoxy) is 1. The first-order chi connectivity index (χ1) is 13.7. The van der Waals surface area contributed by atoms with E-state index < -0.39 is 0 Å². The third kappa shape index (κ3) is 4.07. The Kier molecular flexibility index (Phi) is 5.45. The van der Waals surface area contributed by atoms with Gasteiger partial charge in [-0.3, -0.25) is 4.79 Å². The summed E-state index contributed by atoms with van der Waals surface area (Å²) in [7, 11) is 0. The van der Waals surface area contributed by atoms with E-state index in [-0.39, 0.29) is 29.2 Å². The molecule has 4 rings (SSSR count). The van der Waals surface area contributed by atoms with Crippen molar-refractivity contribution in [1.29, 1.82) is 0 Å². The fraction of sp³-hybridized carbons (Fsp3) is 0.500. The predicted molar refractivity (Wildman–Crippen MR) is 116 cm³/mol. The molecule has 1 aromatic carbocycles. The number of nitrogens with one attached hydrogen (secondary N) is 1. The molecular weight excluding hydrogens is 430 g/mol. The number of hydrogen-bond donors (Lipinski definition) is 1. The summed E-state index contributed by atoms with van der Waals surface area (Å²) in [5.74, 6) is -0.550. The number of allylic oxidation sites excluding steroid dienone is 3. The Labute approximate surface area is 180 Å². The Hall–Kier alpha value is -1.88. The number of carbonyl (C=O) groups is 2. The molecule has 29 heavy (non-hydrogen) atoms. The Balaban J connectivity index is 1.78. The quantitative estimate of drug-likeness (QED) is 0.605. The van der Waals surface area contributed by atoms with E-state index in [1.807, 2.05) is 31.2 Å². The zero-order valence-corrected chi connectivity index (χ0v) is 18.9. The van der Waals surface area contributed by atoms with Gasteiger partial charge in [0, 0.05) is 33.8 Å². The van der Waals surface area contributed by atoms with E-state index in [1.165, 1.54) is 0 Å². The van der Waals surface area contributed by atoms with Crippen LogP contribution in [0.1, 0.15) is 70.8 Å². The third-order valence-electron chi connectivity index (χ3n) is 6.24. The van der Waals surface area contributed by atoms with Gasteiger partial charge >= 0.3 is 5.97 Å². The zero-order chi connectivity index (χ0) is 20.8. The normalized spacial score (nSPS) is 24.4. The Morgan fingerprint density at radius 3 is 2.45 bits per heavy atom. The average Bonchev–Trinajstić information content (AvgIpc) is 3.13. The SMILES string of the molecule is CC1=C(C(=O)OC2CCCC2)[C@H](c2ccc(Br)cc2)C2=C(CC(C)(C)CC2=O)N1. The molecule has 0 saturated heterocycles. The maximum absolute atomic E-state index is 13.3. The van der Waals surface area contributed by atoms with Crippen molar-refractivity contribution in [1.82, 2.24) is 5.32 Å². The molecule has 1 heterocycles. The van der Waals surface area contributed by atoms with Gasteiger partial charge < -0.3 is 10.1 Å². The average molecular weight is 458 g/mol. The molecule has 0 aromatic heterocycles. The molecule has 3 aliphatic rings. The standard InChI is InChI=1S/C24H28BrNO3/c1-14-20(23(28)29-17-6-4-5-7-17)21(15-8-10-16(25)11-9-15)22-18(26-14)12-24(2,3)13-19(22)27/h8-11,17,21,26H,4-7,12-13H2,1-3H3/t21-/m0/s1. The zero-order valence-electron chi connectivity index (χ0n) is 17.3. The summed E-state index contributed by atoms with van der Waals surface area (Å²) in [6.07, 6.45) is 5.34. The van der Waals surface area contributed by atoms with Crippen molar-refractivity contribution >= 4 is 27.7 Å². The Bertz CT molecular complexity index is 905. The van der Waals surface area contributed by atoms with Crippen LogP contribution >= 0.6 is 15.9 Å². The van der Waals surface area contributed by atoms with Gasteiger partial charge in [0.15, 0.2) is 5.78 Å². The van der Waals surface area contributed by atoms with Crippen LogP contribution < -0.4 is 5.32 Å². The second kappa shape index (κ2) is 7.75. The summed E-state index contributed by atoms with van der Waals surface area (Å²) >= 11 is 3.48. The van der Waals surface area contributed by atoms with Gasteiger partial charge in [0.25, 0.3) is 0 Å². The van der Waals surface area contributed by atoms with Gasteiger partial charge in [0.2, 0.25) is 0 Å². The van der Waals surface area contributed by atoms with Gasteiger partial charge in [0.05, 0.1) is 5.57 Å². The lowest BCUT2D eigenvalue weighted by atomic mass is 9.68. The van der Waals surface area contributed by atoms with Crippen molar-refractivity contribution in [2.45, 2.75) is 71.3 Å². The molecule has 154 valence electrons. The van der Waals surface area contributed by atoms with Crippen molar-refractivity contribution in [3.63, 3.8) is 0 Å². The van der Waals surface area contributed by atoms with E-state index in [4.69, 9.17) is 4.74 Å². The number of carbonyl (C=O) groups excluding carboxylic acids is 2. The summed E-state index contributed by atoms with van der Waals surface area (Å²) < 4.78 is 6.84. The highest BCUT2D eigenvalue weighted by atomic mass is 79.9. The molecule has 0 amide bonds. The van der Waals surface area contributed by atoms with Crippen LogP contribution in [-0.4, -0.2) is 17.9 Å². The number of hydrogen-bond acceptors (Lipinski definition) is 4. The minimum atomic E-state index is -0.378. The van der Waals surface area contributed by atoms with Crippen LogP contribution in [0.5, 0.6) is 0 Å². The summed E-state index contributed by atoms with van der Waals surface area (Å²) in [5, 5.41) is 3.40. The lowest BCUT2D eigenvalue weighted by molar-refractivity contribution is -0.144. The largest absolute Gasteiger partial charge is 0.459 e. The van der Waals surface area contributed by atoms with E-state index in [0.29, 0.717) is 12.0 Å². The van der Waals surface area contributed by atoms with Crippen molar-refractivity contribution in [3.8, 4) is 0 Å². The second-order valence-corrected chi connectivity index (χ2v) is 10.2. The Morgan fingerprint density at radius 2 is 1.79 bits per heavy atom. The molecule has 1 N–H and O–H groups in total. The van der Waals surface area contributed by atoms with E-state index in [9.17, 15) is 9.59 Å². The maximum Gasteiger partial charge on any atom is 0.337 e. The number of dihydropyridines is 1. The van der Waals surface area contributed by atoms with Crippen molar-refractivity contribution in [3.05, 3.63) is 56.8 Å². The highest BCUT2D eigenvalue weighted by Crippen LogP contribution is 2.47. The summed E-state index contributed by atoms with van der Waals surface area (Å²) in [6.45, 7) is 6.16. The maximum atomic E-state index is 13.3. The second-order valence-electron chi connectivity index (χ2n) is 9.29. The minimum absolute atomic E-state index is 0.00950. The lowest BCUT2D eigenvalue weighted by Gasteiger charge is -2.39. The molecule has 4 nitrogen and oxygen atoms in total. The number of ketones is 1. The first kappa shape index (κ1) is 20.4. The molecule has 1 fully saturated rings. The van der Waals surface area contributed by atoms with E-state index in [2.05, 4.69) is 35.1 Å². The molecule has 0 spiro atoms. The van der Waals surface area contributed by atoms with Gasteiger partial charge in [0.1, 0.15) is 6.10 Å². The number of benzene rings is 1. The fourth-order valence-corrected chi connectivity index (χ4v) is 5.18. The first-order valence-corrected chi connectivity index (χ1v) is 11.2. The predicted octanol–water partition coefficient (Wildman–Crippen LogP) is 5.54. The number of esters is 1. The molecular formula is C24H28BrNO3. The molecule has 1 atom stereocenters. The van der Waals surface area contributed by atoms with E-state index in [0.717, 1.165) is 59.1 Å². The molecule has 5 heteroatoms. The molecule has 1 aromatic rings. The minimum Gasteiger partial charge on any atom is -0.459 e. The first-order valence-electron chi connectivity index (χ1n) is 10.5. The summed E-state index contributed by atoms with van der Waals surface area (Å²) in [6, 6.07) is 7.91. The van der Waals surface area contributed by atoms with E-state index >= 15 is 0 Å². The number of rotatable bonds is 3. The highest BCUT2D eigenvalue weighted by molar-refractivity contribution is 9.10. The van der Waals surface area contributed by atoms with Crippen LogP contribution in [0.4, 0.5) is 0 Å². The van der Waals surface area contributed by atoms with Crippen LogP contribution in [0.2, 0.25) is 0 Å². The molecule has 0 unspecified atom stereocenters. The van der Waals surface area contributed by atoms with E-state index in [1.54, 1.807) is 0 Å². The van der Waals surface area contributed by atoms with Gasteiger partial charge in [-0.2, -0.15) is 0 Å². The lowest BCUT2D eigenvalue weighted by Crippen LogP contribution is -2.39. The topological polar surface area (TPSA) is 55.4 Å². The van der Waals surface area contributed by atoms with Crippen LogP contribution in [-0.2, 0) is 14.3 Å². The van der Waals surface area contributed by atoms with Gasteiger partial charge in [-0.25, -0.2) is 4.79 Å². The monoisotopic (exact) mass is 457 g/mol. The molecule has 2 aliphatic carbocycles. The molecule has 1 aliphatic heterocycles.